The molecular weight excluding hydrogens is 456 g/mol. The minimum absolute atomic E-state index is 0.0768. The van der Waals surface area contributed by atoms with Crippen molar-refractivity contribution in [2.24, 2.45) is 0 Å². The lowest BCUT2D eigenvalue weighted by atomic mass is 9.80. The molecule has 0 bridgehead atoms. The van der Waals surface area contributed by atoms with Crippen molar-refractivity contribution in [3.8, 4) is 0 Å². The summed E-state index contributed by atoms with van der Waals surface area (Å²) in [7, 11) is 0. The van der Waals surface area contributed by atoms with Crippen molar-refractivity contribution in [3.63, 3.8) is 0 Å². The Morgan fingerprint density at radius 2 is 1.42 bits per heavy atom. The third-order valence-corrected chi connectivity index (χ3v) is 6.67. The summed E-state index contributed by atoms with van der Waals surface area (Å²) in [5, 5.41) is 10.9. The molecule has 5 rings (SSSR count). The van der Waals surface area contributed by atoms with Crippen LogP contribution in [0.25, 0.3) is 0 Å². The fraction of sp³-hybridized carbons (Fsp3) is 0.241. The predicted octanol–water partition coefficient (Wildman–Crippen LogP) is 3.50. The van der Waals surface area contributed by atoms with Crippen molar-refractivity contribution in [1.82, 2.24) is 9.55 Å². The molecule has 1 unspecified atom stereocenters. The highest BCUT2D eigenvalue weighted by Gasteiger charge is 2.41. The number of H-pyrrole nitrogens is 1. The number of aliphatic hydroxyl groups excluding tert-OH is 1. The zero-order valence-electron chi connectivity index (χ0n) is 19.9. The average molecular weight is 485 g/mol. The lowest BCUT2D eigenvalue weighted by Gasteiger charge is -2.37. The molecule has 0 radical (unpaired) electrons. The summed E-state index contributed by atoms with van der Waals surface area (Å²) >= 11 is 0. The number of nitrogens with one attached hydrogen (secondary N) is 1. The highest BCUT2D eigenvalue weighted by atomic mass is 16.6. The Kier molecular flexibility index (Phi) is 6.69. The number of aromatic nitrogens is 2. The first-order chi connectivity index (χ1) is 17.5. The molecule has 1 fully saturated rings. The van der Waals surface area contributed by atoms with Crippen molar-refractivity contribution in [2.45, 2.75) is 37.4 Å². The smallest absolute Gasteiger partial charge is 0.330 e. The minimum Gasteiger partial charge on any atom is -0.390 e. The standard InChI is InChI=1S/C29H28N2O5/c1-20-18-31(28(34)30-27(20)33)26-17-24(32)25(36-26)19-35-29(21-11-5-2-6-12-21,22-13-7-3-8-14-22)23-15-9-4-10-16-23/h2-16,18,24-26,32H,17,19H2,1H3,(H,30,33,34)/t24?,25-,26-/m1/s1. The first-order valence-electron chi connectivity index (χ1n) is 11.9. The molecule has 1 aliphatic rings. The summed E-state index contributed by atoms with van der Waals surface area (Å²) in [6, 6.07) is 29.9. The molecule has 0 aliphatic carbocycles. The number of aromatic amines is 1. The molecule has 3 aromatic carbocycles. The molecule has 7 nitrogen and oxygen atoms in total. The first-order valence-corrected chi connectivity index (χ1v) is 11.9. The monoisotopic (exact) mass is 484 g/mol. The zero-order chi connectivity index (χ0) is 25.1. The lowest BCUT2D eigenvalue weighted by Crippen LogP contribution is -2.38. The molecule has 0 saturated carbocycles. The Morgan fingerprint density at radius 3 is 1.92 bits per heavy atom. The van der Waals surface area contributed by atoms with Crippen LogP contribution in [0.2, 0.25) is 0 Å². The number of hydrogen-bond acceptors (Lipinski definition) is 5. The van der Waals surface area contributed by atoms with Gasteiger partial charge in [-0.3, -0.25) is 14.3 Å². The van der Waals surface area contributed by atoms with Gasteiger partial charge in [-0.1, -0.05) is 91.0 Å². The molecule has 1 aromatic heterocycles. The van der Waals surface area contributed by atoms with Gasteiger partial charge in [0.05, 0.1) is 12.7 Å². The molecule has 2 N–H and O–H groups in total. The third kappa shape index (κ3) is 4.44. The van der Waals surface area contributed by atoms with E-state index in [-0.39, 0.29) is 13.0 Å². The van der Waals surface area contributed by atoms with Gasteiger partial charge in [-0.05, 0) is 23.6 Å². The maximum atomic E-state index is 12.4. The first kappa shape index (κ1) is 23.9. The van der Waals surface area contributed by atoms with Crippen LogP contribution in [-0.4, -0.2) is 33.5 Å². The van der Waals surface area contributed by atoms with Gasteiger partial charge < -0.3 is 14.6 Å². The minimum atomic E-state index is -0.948. The van der Waals surface area contributed by atoms with E-state index in [1.54, 1.807) is 6.92 Å². The topological polar surface area (TPSA) is 93.6 Å². The molecule has 4 aromatic rings. The summed E-state index contributed by atoms with van der Waals surface area (Å²) in [6.07, 6.45) is -0.576. The van der Waals surface area contributed by atoms with E-state index in [1.165, 1.54) is 10.8 Å². The van der Waals surface area contributed by atoms with Crippen LogP contribution in [0.5, 0.6) is 0 Å². The summed E-state index contributed by atoms with van der Waals surface area (Å²) in [5.41, 5.74) is 1.26. The number of nitrogens with zero attached hydrogens (tertiary/aromatic N) is 1. The van der Waals surface area contributed by atoms with Crippen molar-refractivity contribution in [2.75, 3.05) is 6.61 Å². The van der Waals surface area contributed by atoms with Crippen LogP contribution >= 0.6 is 0 Å². The fourth-order valence-electron chi connectivity index (χ4n) is 4.81. The second-order valence-electron chi connectivity index (χ2n) is 9.00. The van der Waals surface area contributed by atoms with Gasteiger partial charge in [-0.2, -0.15) is 0 Å². The van der Waals surface area contributed by atoms with Gasteiger partial charge in [-0.15, -0.1) is 0 Å². The molecule has 3 atom stereocenters. The quantitative estimate of drug-likeness (QED) is 0.392. The predicted molar refractivity (Wildman–Crippen MR) is 136 cm³/mol. The number of hydrogen-bond donors (Lipinski definition) is 2. The average Bonchev–Trinajstić information content (AvgIpc) is 3.28. The third-order valence-electron chi connectivity index (χ3n) is 6.67. The van der Waals surface area contributed by atoms with Gasteiger partial charge in [0.15, 0.2) is 0 Å². The van der Waals surface area contributed by atoms with Gasteiger partial charge in [0.1, 0.15) is 17.9 Å². The lowest BCUT2D eigenvalue weighted by molar-refractivity contribution is -0.0944. The van der Waals surface area contributed by atoms with E-state index < -0.39 is 35.3 Å². The van der Waals surface area contributed by atoms with Crippen LogP contribution in [0.15, 0.2) is 107 Å². The van der Waals surface area contributed by atoms with E-state index in [2.05, 4.69) is 4.98 Å². The summed E-state index contributed by atoms with van der Waals surface area (Å²) in [6.45, 7) is 1.70. The van der Waals surface area contributed by atoms with E-state index in [0.29, 0.717) is 5.56 Å². The highest BCUT2D eigenvalue weighted by Crippen LogP contribution is 2.41. The Bertz CT molecular complexity index is 1320. The second kappa shape index (κ2) is 10.1. The van der Waals surface area contributed by atoms with E-state index >= 15 is 0 Å². The SMILES string of the molecule is Cc1cn([C@H]2CC(O)[C@@H](COC(c3ccccc3)(c3ccccc3)c3ccccc3)O2)c(=O)[nH]c1=O. The highest BCUT2D eigenvalue weighted by molar-refractivity contribution is 5.47. The van der Waals surface area contributed by atoms with Crippen LogP contribution in [0.4, 0.5) is 0 Å². The van der Waals surface area contributed by atoms with E-state index in [9.17, 15) is 14.7 Å². The Hall–Kier alpha value is -3.78. The van der Waals surface area contributed by atoms with Gasteiger partial charge >= 0.3 is 5.69 Å². The van der Waals surface area contributed by atoms with Crippen LogP contribution in [-0.2, 0) is 15.1 Å². The van der Waals surface area contributed by atoms with Gasteiger partial charge in [0.25, 0.3) is 5.56 Å². The van der Waals surface area contributed by atoms with Crippen LogP contribution in [0.1, 0.15) is 34.9 Å². The van der Waals surface area contributed by atoms with E-state index in [4.69, 9.17) is 9.47 Å². The van der Waals surface area contributed by atoms with Gasteiger partial charge in [-0.25, -0.2) is 4.79 Å². The van der Waals surface area contributed by atoms with Crippen LogP contribution in [0, 0.1) is 6.92 Å². The second-order valence-corrected chi connectivity index (χ2v) is 9.00. The molecular formula is C29H28N2O5. The fourth-order valence-corrected chi connectivity index (χ4v) is 4.81. The molecule has 1 saturated heterocycles. The van der Waals surface area contributed by atoms with Crippen molar-refractivity contribution < 1.29 is 14.6 Å². The summed E-state index contributed by atoms with van der Waals surface area (Å²) in [4.78, 5) is 26.4. The van der Waals surface area contributed by atoms with Gasteiger partial charge in [0, 0.05) is 18.2 Å². The normalized spacial score (nSPS) is 19.9. The number of aryl methyl sites for hydroxylation is 1. The Morgan fingerprint density at radius 1 is 0.917 bits per heavy atom. The molecule has 184 valence electrons. The largest absolute Gasteiger partial charge is 0.390 e. The Balaban J connectivity index is 1.50. The van der Waals surface area contributed by atoms with Crippen molar-refractivity contribution >= 4 is 0 Å². The number of aliphatic hydroxyl groups is 1. The molecule has 0 amide bonds. The Labute approximate surface area is 208 Å². The van der Waals surface area contributed by atoms with Crippen molar-refractivity contribution in [1.29, 1.82) is 0 Å². The van der Waals surface area contributed by atoms with E-state index in [0.717, 1.165) is 16.7 Å². The summed E-state index contributed by atoms with van der Waals surface area (Å²) < 4.78 is 14.2. The summed E-state index contributed by atoms with van der Waals surface area (Å²) in [5.74, 6) is 0. The molecule has 2 heterocycles. The molecule has 1 aliphatic heterocycles. The number of ether oxygens (including phenoxy) is 2. The maximum Gasteiger partial charge on any atom is 0.330 e. The number of benzene rings is 3. The maximum absolute atomic E-state index is 12.4. The van der Waals surface area contributed by atoms with E-state index in [1.807, 2.05) is 91.0 Å². The number of rotatable bonds is 7. The van der Waals surface area contributed by atoms with Crippen LogP contribution in [0.3, 0.4) is 0 Å². The van der Waals surface area contributed by atoms with Crippen LogP contribution < -0.4 is 11.2 Å². The molecule has 0 spiro atoms. The van der Waals surface area contributed by atoms with Gasteiger partial charge in [0.2, 0.25) is 0 Å². The molecule has 36 heavy (non-hydrogen) atoms. The zero-order valence-corrected chi connectivity index (χ0v) is 19.9. The van der Waals surface area contributed by atoms with Crippen molar-refractivity contribution in [3.05, 3.63) is 140 Å². The molecule has 7 heteroatoms.